The molecule has 0 radical (unpaired) electrons. The second-order valence-corrected chi connectivity index (χ2v) is 7.36. The minimum Gasteiger partial charge on any atom is -0.481 e. The molecule has 0 unspecified atom stereocenters. The summed E-state index contributed by atoms with van der Waals surface area (Å²) in [6, 6.07) is 12.1. The molecule has 1 amide bonds. The van der Waals surface area contributed by atoms with Crippen LogP contribution >= 0.6 is 0 Å². The lowest BCUT2D eigenvalue weighted by Gasteiger charge is -2.05. The van der Waals surface area contributed by atoms with E-state index in [0.717, 1.165) is 0 Å². The van der Waals surface area contributed by atoms with Gasteiger partial charge in [-0.05, 0) is 29.8 Å². The number of hydrogen-bond acceptors (Lipinski definition) is 4. The monoisotopic (exact) mass is 390 g/mol. The molecule has 0 bridgehead atoms. The maximum absolute atomic E-state index is 12.8. The van der Waals surface area contributed by atoms with Gasteiger partial charge in [0.25, 0.3) is 0 Å². The molecule has 0 aliphatic heterocycles. The highest BCUT2D eigenvalue weighted by molar-refractivity contribution is 7.88. The largest absolute Gasteiger partial charge is 0.481 e. The Morgan fingerprint density at radius 2 is 1.89 bits per heavy atom. The van der Waals surface area contributed by atoms with Gasteiger partial charge in [-0.1, -0.05) is 30.0 Å². The van der Waals surface area contributed by atoms with Crippen molar-refractivity contribution in [1.82, 2.24) is 4.72 Å². The number of ether oxygens (including phenoxy) is 1. The Morgan fingerprint density at radius 1 is 1.15 bits per heavy atom. The highest BCUT2D eigenvalue weighted by Gasteiger charge is 2.10. The van der Waals surface area contributed by atoms with Gasteiger partial charge in [-0.15, -0.1) is 0 Å². The van der Waals surface area contributed by atoms with E-state index in [1.807, 2.05) is 0 Å². The number of carbonyl (C=O) groups excluding carboxylic acids is 1. The second kappa shape index (κ2) is 9.71. The first-order valence-corrected chi connectivity index (χ1v) is 9.67. The molecule has 0 aliphatic carbocycles. The third-order valence-corrected chi connectivity index (χ3v) is 4.54. The molecular weight excluding hydrogens is 371 g/mol. The van der Waals surface area contributed by atoms with Gasteiger partial charge in [-0.3, -0.25) is 4.79 Å². The molecule has 27 heavy (non-hydrogen) atoms. The Morgan fingerprint density at radius 3 is 2.59 bits per heavy atom. The van der Waals surface area contributed by atoms with Crippen molar-refractivity contribution in [3.8, 4) is 17.6 Å². The molecule has 0 atom stereocenters. The second-order valence-electron chi connectivity index (χ2n) is 5.56. The highest BCUT2D eigenvalue weighted by Crippen LogP contribution is 2.17. The molecule has 2 rings (SSSR count). The smallest absolute Gasteiger partial charge is 0.221 e. The van der Waals surface area contributed by atoms with Crippen LogP contribution in [0, 0.1) is 17.7 Å². The molecule has 0 spiro atoms. The van der Waals surface area contributed by atoms with Crippen molar-refractivity contribution in [3.63, 3.8) is 0 Å². The molecule has 0 aromatic heterocycles. The van der Waals surface area contributed by atoms with E-state index in [9.17, 15) is 17.6 Å². The van der Waals surface area contributed by atoms with Crippen LogP contribution in [0.3, 0.4) is 0 Å². The SMILES string of the molecule is CC(=O)Nc1cccc(OCC#CCNS(=O)(=O)Cc2ccc(F)cc2)c1. The molecule has 142 valence electrons. The van der Waals surface area contributed by atoms with E-state index in [2.05, 4.69) is 21.9 Å². The molecule has 0 saturated heterocycles. The van der Waals surface area contributed by atoms with Crippen molar-refractivity contribution in [1.29, 1.82) is 0 Å². The molecule has 6 nitrogen and oxygen atoms in total. The van der Waals surface area contributed by atoms with E-state index in [4.69, 9.17) is 4.74 Å². The summed E-state index contributed by atoms with van der Waals surface area (Å²) in [5.74, 6) is 5.05. The summed E-state index contributed by atoms with van der Waals surface area (Å²) in [6.45, 7) is 1.43. The van der Waals surface area contributed by atoms with Crippen molar-refractivity contribution in [2.24, 2.45) is 0 Å². The lowest BCUT2D eigenvalue weighted by molar-refractivity contribution is -0.114. The first-order valence-electron chi connectivity index (χ1n) is 8.02. The van der Waals surface area contributed by atoms with Crippen LogP contribution in [-0.4, -0.2) is 27.5 Å². The minimum atomic E-state index is -3.56. The Bertz CT molecular complexity index is 948. The van der Waals surface area contributed by atoms with Crippen LogP contribution in [0.15, 0.2) is 48.5 Å². The first-order chi connectivity index (χ1) is 12.8. The fraction of sp³-hybridized carbons (Fsp3) is 0.211. The van der Waals surface area contributed by atoms with Gasteiger partial charge in [0.1, 0.15) is 18.2 Å². The Kier molecular flexibility index (Phi) is 7.34. The maximum Gasteiger partial charge on any atom is 0.221 e. The molecular formula is C19H19FN2O4S. The molecule has 0 heterocycles. The first kappa shape index (κ1) is 20.4. The van der Waals surface area contributed by atoms with E-state index in [1.165, 1.54) is 31.2 Å². The zero-order valence-corrected chi connectivity index (χ0v) is 15.5. The van der Waals surface area contributed by atoms with Crippen LogP contribution in [0.25, 0.3) is 0 Å². The predicted octanol–water partition coefficient (Wildman–Crippen LogP) is 2.29. The zero-order valence-electron chi connectivity index (χ0n) is 14.7. The van der Waals surface area contributed by atoms with Gasteiger partial charge in [-0.25, -0.2) is 17.5 Å². The van der Waals surface area contributed by atoms with Gasteiger partial charge >= 0.3 is 0 Å². The third kappa shape index (κ3) is 7.90. The summed E-state index contributed by atoms with van der Waals surface area (Å²) < 4.78 is 44.5. The molecule has 0 aliphatic rings. The molecule has 8 heteroatoms. The van der Waals surface area contributed by atoms with Gasteiger partial charge in [0, 0.05) is 18.7 Å². The van der Waals surface area contributed by atoms with E-state index in [0.29, 0.717) is 17.0 Å². The molecule has 2 aromatic rings. The van der Waals surface area contributed by atoms with Gasteiger partial charge in [0.05, 0.1) is 12.3 Å². The summed E-state index contributed by atoms with van der Waals surface area (Å²) >= 11 is 0. The highest BCUT2D eigenvalue weighted by atomic mass is 32.2. The lowest BCUT2D eigenvalue weighted by Crippen LogP contribution is -2.25. The number of amides is 1. The van der Waals surface area contributed by atoms with Crippen LogP contribution in [-0.2, 0) is 20.6 Å². The van der Waals surface area contributed by atoms with Crippen LogP contribution in [0.4, 0.5) is 10.1 Å². The van der Waals surface area contributed by atoms with Crippen LogP contribution in [0.1, 0.15) is 12.5 Å². The number of rotatable bonds is 7. The fourth-order valence-corrected chi connectivity index (χ4v) is 3.12. The van der Waals surface area contributed by atoms with Gasteiger partial charge in [-0.2, -0.15) is 0 Å². The number of carbonyl (C=O) groups is 1. The summed E-state index contributed by atoms with van der Waals surface area (Å²) in [4.78, 5) is 11.0. The topological polar surface area (TPSA) is 84.5 Å². The quantitative estimate of drug-likeness (QED) is 0.711. The minimum absolute atomic E-state index is 0.0567. The summed E-state index contributed by atoms with van der Waals surface area (Å²) in [6.07, 6.45) is 0. The van der Waals surface area contributed by atoms with Crippen molar-refractivity contribution in [3.05, 3.63) is 59.9 Å². The lowest BCUT2D eigenvalue weighted by atomic mass is 10.2. The van der Waals surface area contributed by atoms with Gasteiger partial charge < -0.3 is 10.1 Å². The Balaban J connectivity index is 1.77. The number of benzene rings is 2. The number of sulfonamides is 1. The zero-order chi connectivity index (χ0) is 19.7. The van der Waals surface area contributed by atoms with E-state index in [-0.39, 0.29) is 24.8 Å². The van der Waals surface area contributed by atoms with Gasteiger partial charge in [0.2, 0.25) is 15.9 Å². The van der Waals surface area contributed by atoms with Crippen LogP contribution in [0.2, 0.25) is 0 Å². The fourth-order valence-electron chi connectivity index (χ4n) is 2.10. The normalized spacial score (nSPS) is 10.6. The number of halogens is 1. The summed E-state index contributed by atoms with van der Waals surface area (Å²) in [7, 11) is -3.56. The van der Waals surface area contributed by atoms with Crippen molar-refractivity contribution in [2.75, 3.05) is 18.5 Å². The number of nitrogens with one attached hydrogen (secondary N) is 2. The van der Waals surface area contributed by atoms with Crippen molar-refractivity contribution >= 4 is 21.6 Å². The third-order valence-electron chi connectivity index (χ3n) is 3.24. The van der Waals surface area contributed by atoms with E-state index < -0.39 is 15.8 Å². The predicted molar refractivity (Wildman–Crippen MR) is 101 cm³/mol. The molecule has 0 fully saturated rings. The Hall–Kier alpha value is -2.89. The van der Waals surface area contributed by atoms with E-state index >= 15 is 0 Å². The van der Waals surface area contributed by atoms with Crippen molar-refractivity contribution < 1.29 is 22.3 Å². The standard InChI is InChI=1S/C19H19FN2O4S/c1-15(23)22-18-5-4-6-19(13-18)26-12-3-2-11-21-27(24,25)14-16-7-9-17(20)10-8-16/h4-10,13,21H,11-12,14H2,1H3,(H,22,23). The molecule has 0 saturated carbocycles. The van der Waals surface area contributed by atoms with Crippen molar-refractivity contribution in [2.45, 2.75) is 12.7 Å². The maximum atomic E-state index is 12.8. The molecule has 2 N–H and O–H groups in total. The average molecular weight is 390 g/mol. The Labute approximate surface area is 157 Å². The van der Waals surface area contributed by atoms with Crippen LogP contribution in [0.5, 0.6) is 5.75 Å². The summed E-state index contributed by atoms with van der Waals surface area (Å²) in [5.41, 5.74) is 1.10. The number of anilines is 1. The number of hydrogen-bond donors (Lipinski definition) is 2. The summed E-state index contributed by atoms with van der Waals surface area (Å²) in [5, 5.41) is 2.64. The average Bonchev–Trinajstić information content (AvgIpc) is 2.59. The molecule has 2 aromatic carbocycles. The van der Waals surface area contributed by atoms with Gasteiger partial charge in [0.15, 0.2) is 0 Å². The van der Waals surface area contributed by atoms with Crippen LogP contribution < -0.4 is 14.8 Å². The van der Waals surface area contributed by atoms with E-state index in [1.54, 1.807) is 24.3 Å².